The first-order chi connectivity index (χ1) is 6.00. The molecule has 0 aromatic heterocycles. The summed E-state index contributed by atoms with van der Waals surface area (Å²) in [6, 6.07) is 0. The van der Waals surface area contributed by atoms with Gasteiger partial charge in [0.05, 0.1) is 0 Å². The minimum atomic E-state index is 1.01. The van der Waals surface area contributed by atoms with Gasteiger partial charge in [0, 0.05) is 12.7 Å². The van der Waals surface area contributed by atoms with E-state index in [0.29, 0.717) is 0 Å². The lowest BCUT2D eigenvalue weighted by atomic mass is 10.1. The fourth-order valence-electron chi connectivity index (χ4n) is 1.16. The Hall–Kier alpha value is -0.580. The van der Waals surface area contributed by atoms with Crippen LogP contribution in [-0.4, -0.2) is 6.54 Å². The van der Waals surface area contributed by atoms with Crippen molar-refractivity contribution in [2.75, 3.05) is 6.54 Å². The Bertz CT molecular complexity index is 110. The Morgan fingerprint density at radius 1 is 0.917 bits per heavy atom. The van der Waals surface area contributed by atoms with Crippen molar-refractivity contribution in [3.63, 3.8) is 0 Å². The van der Waals surface area contributed by atoms with Crippen molar-refractivity contribution in [1.29, 1.82) is 0 Å². The Kier molecular flexibility index (Phi) is 5.62. The lowest BCUT2D eigenvalue weighted by Gasteiger charge is -2.09. The van der Waals surface area contributed by atoms with Gasteiger partial charge in [-0.3, -0.25) is 0 Å². The van der Waals surface area contributed by atoms with Crippen LogP contribution in [0.5, 0.6) is 0 Å². The van der Waals surface area contributed by atoms with Crippen LogP contribution in [0.1, 0.15) is 32.1 Å². The quantitative estimate of drug-likeness (QED) is 0.429. The molecule has 70 valence electrons. The summed E-state index contributed by atoms with van der Waals surface area (Å²) in [4.78, 5) is 0. The molecule has 4 heteroatoms. The molecule has 0 unspecified atom stereocenters. The molecule has 0 aromatic rings. The van der Waals surface area contributed by atoms with E-state index in [1.54, 1.807) is 0 Å². The number of hydrogen-bond donors (Lipinski definition) is 4. The second kappa shape index (κ2) is 7.09. The standard InChI is InChI=1S/C8H18N4/c1-2-4-6-8-10-12-11-9-7-5-3-1/h5,7,9-12H,1-4,6,8H2/b7-5-. The summed E-state index contributed by atoms with van der Waals surface area (Å²) in [5.41, 5.74) is 11.6. The van der Waals surface area contributed by atoms with Gasteiger partial charge in [-0.05, 0) is 19.3 Å². The van der Waals surface area contributed by atoms with E-state index in [2.05, 4.69) is 28.0 Å². The van der Waals surface area contributed by atoms with E-state index < -0.39 is 0 Å². The lowest BCUT2D eigenvalue weighted by Crippen LogP contribution is -2.48. The molecule has 0 amide bonds. The number of hydrogen-bond acceptors (Lipinski definition) is 4. The fourth-order valence-corrected chi connectivity index (χ4v) is 1.16. The first-order valence-electron chi connectivity index (χ1n) is 4.63. The molecule has 4 nitrogen and oxygen atoms in total. The van der Waals surface area contributed by atoms with Gasteiger partial charge in [0.15, 0.2) is 0 Å². The van der Waals surface area contributed by atoms with Gasteiger partial charge in [0.2, 0.25) is 0 Å². The largest absolute Gasteiger partial charge is 0.315 e. The van der Waals surface area contributed by atoms with Crippen molar-refractivity contribution < 1.29 is 0 Å². The molecule has 0 aromatic carbocycles. The van der Waals surface area contributed by atoms with Crippen LogP contribution >= 0.6 is 0 Å². The monoisotopic (exact) mass is 170 g/mol. The van der Waals surface area contributed by atoms with Crippen molar-refractivity contribution >= 4 is 0 Å². The predicted octanol–water partition coefficient (Wildman–Crippen LogP) is 0.568. The summed E-state index contributed by atoms with van der Waals surface area (Å²) in [7, 11) is 0. The Balaban J connectivity index is 2.10. The van der Waals surface area contributed by atoms with Crippen LogP contribution < -0.4 is 21.9 Å². The van der Waals surface area contributed by atoms with Crippen LogP contribution in [0.15, 0.2) is 12.3 Å². The van der Waals surface area contributed by atoms with Crippen molar-refractivity contribution in [1.82, 2.24) is 21.9 Å². The molecule has 1 rings (SSSR count). The molecule has 0 radical (unpaired) electrons. The zero-order chi connectivity index (χ0) is 8.49. The van der Waals surface area contributed by atoms with Gasteiger partial charge >= 0.3 is 0 Å². The third-order valence-corrected chi connectivity index (χ3v) is 1.85. The maximum Gasteiger partial charge on any atom is 0.0114 e. The molecule has 0 bridgehead atoms. The second-order valence-electron chi connectivity index (χ2n) is 2.93. The highest BCUT2D eigenvalue weighted by atomic mass is 15.7. The van der Waals surface area contributed by atoms with E-state index in [-0.39, 0.29) is 0 Å². The number of hydrazine groups is 3. The molecule has 0 fully saturated rings. The van der Waals surface area contributed by atoms with E-state index >= 15 is 0 Å². The van der Waals surface area contributed by atoms with Crippen molar-refractivity contribution in [3.8, 4) is 0 Å². The Labute approximate surface area is 73.7 Å². The first-order valence-corrected chi connectivity index (χ1v) is 4.63. The highest BCUT2D eigenvalue weighted by molar-refractivity contribution is 4.77. The van der Waals surface area contributed by atoms with Crippen molar-refractivity contribution in [2.24, 2.45) is 0 Å². The van der Waals surface area contributed by atoms with Gasteiger partial charge in [0.25, 0.3) is 0 Å². The fraction of sp³-hybridized carbons (Fsp3) is 0.750. The normalized spacial score (nSPS) is 24.7. The first kappa shape index (κ1) is 9.51. The predicted molar refractivity (Wildman–Crippen MR) is 49.6 cm³/mol. The van der Waals surface area contributed by atoms with Crippen molar-refractivity contribution in [2.45, 2.75) is 32.1 Å². The molecule has 0 aliphatic carbocycles. The number of rotatable bonds is 0. The van der Waals surface area contributed by atoms with E-state index in [0.717, 1.165) is 6.54 Å². The maximum absolute atomic E-state index is 3.05. The molecular weight excluding hydrogens is 152 g/mol. The number of allylic oxidation sites excluding steroid dienone is 1. The van der Waals surface area contributed by atoms with E-state index in [9.17, 15) is 0 Å². The van der Waals surface area contributed by atoms with E-state index in [4.69, 9.17) is 0 Å². The van der Waals surface area contributed by atoms with Gasteiger partial charge in [0.1, 0.15) is 0 Å². The topological polar surface area (TPSA) is 48.1 Å². The average Bonchev–Trinajstić information content (AvgIpc) is 2.05. The average molecular weight is 170 g/mol. The molecule has 0 spiro atoms. The summed E-state index contributed by atoms with van der Waals surface area (Å²) in [6.45, 7) is 1.01. The highest BCUT2D eigenvalue weighted by Gasteiger charge is 1.89. The summed E-state index contributed by atoms with van der Waals surface area (Å²) < 4.78 is 0. The molecule has 1 heterocycles. The SMILES string of the molecule is C1=C\NNNNCCCCCC/1. The maximum atomic E-state index is 3.05. The smallest absolute Gasteiger partial charge is 0.0114 e. The summed E-state index contributed by atoms with van der Waals surface area (Å²) in [5.74, 6) is 0. The third kappa shape index (κ3) is 5.12. The Morgan fingerprint density at radius 2 is 1.83 bits per heavy atom. The van der Waals surface area contributed by atoms with Gasteiger partial charge < -0.3 is 5.43 Å². The van der Waals surface area contributed by atoms with Crippen LogP contribution in [0, 0.1) is 0 Å². The van der Waals surface area contributed by atoms with Crippen LogP contribution in [0.3, 0.4) is 0 Å². The van der Waals surface area contributed by atoms with Crippen molar-refractivity contribution in [3.05, 3.63) is 12.3 Å². The zero-order valence-electron chi connectivity index (χ0n) is 7.40. The van der Waals surface area contributed by atoms with Gasteiger partial charge in [-0.15, -0.1) is 0 Å². The molecule has 1 aliphatic rings. The van der Waals surface area contributed by atoms with Gasteiger partial charge in [-0.25, -0.2) is 5.43 Å². The molecule has 0 saturated heterocycles. The molecular formula is C8H18N4. The molecule has 0 atom stereocenters. The summed E-state index contributed by atoms with van der Waals surface area (Å²) >= 11 is 0. The van der Waals surface area contributed by atoms with Gasteiger partial charge in [-0.1, -0.05) is 18.9 Å². The zero-order valence-corrected chi connectivity index (χ0v) is 7.40. The molecule has 1 aliphatic heterocycles. The molecule has 0 saturated carbocycles. The van der Waals surface area contributed by atoms with Crippen LogP contribution in [-0.2, 0) is 0 Å². The van der Waals surface area contributed by atoms with E-state index in [1.165, 1.54) is 32.1 Å². The summed E-state index contributed by atoms with van der Waals surface area (Å²) in [6.07, 6.45) is 10.4. The minimum absolute atomic E-state index is 1.01. The lowest BCUT2D eigenvalue weighted by molar-refractivity contribution is 0.394. The minimum Gasteiger partial charge on any atom is -0.315 e. The van der Waals surface area contributed by atoms with Crippen LogP contribution in [0.25, 0.3) is 0 Å². The second-order valence-corrected chi connectivity index (χ2v) is 2.93. The van der Waals surface area contributed by atoms with Gasteiger partial charge in [-0.2, -0.15) is 11.1 Å². The van der Waals surface area contributed by atoms with Crippen LogP contribution in [0.4, 0.5) is 0 Å². The Morgan fingerprint density at radius 3 is 2.83 bits per heavy atom. The summed E-state index contributed by atoms with van der Waals surface area (Å²) in [5, 5.41) is 0. The van der Waals surface area contributed by atoms with E-state index in [1.807, 2.05) is 6.20 Å². The third-order valence-electron chi connectivity index (χ3n) is 1.85. The molecule has 4 N–H and O–H groups in total. The number of nitrogens with one attached hydrogen (secondary N) is 4. The van der Waals surface area contributed by atoms with Crippen LogP contribution in [0.2, 0.25) is 0 Å². The molecule has 12 heavy (non-hydrogen) atoms. The highest BCUT2D eigenvalue weighted by Crippen LogP contribution is 2.02.